The van der Waals surface area contributed by atoms with Gasteiger partial charge in [-0.15, -0.1) is 11.3 Å². The number of hydrogen-bond acceptors (Lipinski definition) is 6. The first-order valence-electron chi connectivity index (χ1n) is 11.2. The Morgan fingerprint density at radius 3 is 3.00 bits per heavy atom. The number of amides is 2. The van der Waals surface area contributed by atoms with Crippen LogP contribution in [-0.4, -0.2) is 29.4 Å². The number of carbonyl (C=O) groups is 2. The van der Waals surface area contributed by atoms with Gasteiger partial charge >= 0.3 is 0 Å². The number of hydrogen-bond donors (Lipinski definition) is 2. The zero-order valence-electron chi connectivity index (χ0n) is 18.3. The standard InChI is InChI=1S/C25H22FN5O2S/c26-20-9-15(12-27)4-6-19(20)25-29-14-18(34-25)13-28-24(33)16-5-7-22-21(10-16)30-23(32)11-17-3-1-2-8-31(17)22/h4-7,9-10,14,17H,1-3,8,11,13H2,(H,28,33)(H,30,32). The fourth-order valence-electron chi connectivity index (χ4n) is 4.51. The fourth-order valence-corrected chi connectivity index (χ4v) is 5.39. The molecule has 9 heteroatoms. The van der Waals surface area contributed by atoms with Crippen molar-refractivity contribution in [3.8, 4) is 16.6 Å². The van der Waals surface area contributed by atoms with Crippen molar-refractivity contribution in [3.05, 3.63) is 64.4 Å². The van der Waals surface area contributed by atoms with Crippen molar-refractivity contribution < 1.29 is 14.0 Å². The molecule has 0 saturated carbocycles. The third-order valence-electron chi connectivity index (χ3n) is 6.20. The normalized spacial score (nSPS) is 17.1. The molecule has 1 aromatic heterocycles. The lowest BCUT2D eigenvalue weighted by Crippen LogP contribution is -2.39. The van der Waals surface area contributed by atoms with Crippen molar-refractivity contribution in [3.63, 3.8) is 0 Å². The molecule has 1 saturated heterocycles. The fraction of sp³-hybridized carbons (Fsp3) is 0.280. The topological polar surface area (TPSA) is 98.1 Å². The number of carbonyl (C=O) groups excluding carboxylic acids is 2. The van der Waals surface area contributed by atoms with Crippen LogP contribution < -0.4 is 15.5 Å². The van der Waals surface area contributed by atoms with Gasteiger partial charge in [-0.1, -0.05) is 0 Å². The molecule has 0 bridgehead atoms. The SMILES string of the molecule is N#Cc1ccc(-c2ncc(CNC(=O)c3ccc4c(c3)NC(=O)CC3CCCCN43)s2)c(F)c1. The van der Waals surface area contributed by atoms with E-state index in [1.165, 1.54) is 23.5 Å². The summed E-state index contributed by atoms with van der Waals surface area (Å²) in [6.07, 6.45) is 5.28. The molecule has 0 spiro atoms. The molecule has 0 radical (unpaired) electrons. The Bertz CT molecular complexity index is 1310. The summed E-state index contributed by atoms with van der Waals surface area (Å²) in [7, 11) is 0. The first-order chi connectivity index (χ1) is 16.5. The van der Waals surface area contributed by atoms with Crippen LogP contribution in [0.25, 0.3) is 10.6 Å². The number of thiazole rings is 1. The minimum Gasteiger partial charge on any atom is -0.366 e. The first kappa shape index (κ1) is 22.0. The van der Waals surface area contributed by atoms with Crippen LogP contribution in [0.3, 0.4) is 0 Å². The van der Waals surface area contributed by atoms with Gasteiger partial charge in [0.1, 0.15) is 10.8 Å². The van der Waals surface area contributed by atoms with E-state index in [1.807, 2.05) is 12.1 Å². The largest absolute Gasteiger partial charge is 0.366 e. The summed E-state index contributed by atoms with van der Waals surface area (Å²) in [6, 6.07) is 11.8. The second-order valence-electron chi connectivity index (χ2n) is 8.45. The van der Waals surface area contributed by atoms with Crippen molar-refractivity contribution >= 4 is 34.5 Å². The minimum absolute atomic E-state index is 0.0274. The Kier molecular flexibility index (Phi) is 5.99. The van der Waals surface area contributed by atoms with Gasteiger partial charge in [-0.2, -0.15) is 5.26 Å². The van der Waals surface area contributed by atoms with Crippen LogP contribution in [0.15, 0.2) is 42.6 Å². The molecule has 1 atom stereocenters. The molecule has 2 N–H and O–H groups in total. The van der Waals surface area contributed by atoms with Crippen LogP contribution in [0.4, 0.5) is 15.8 Å². The lowest BCUT2D eigenvalue weighted by molar-refractivity contribution is -0.116. The highest BCUT2D eigenvalue weighted by Gasteiger charge is 2.30. The number of fused-ring (bicyclic) bond motifs is 3. The zero-order valence-corrected chi connectivity index (χ0v) is 19.1. The molecule has 2 amide bonds. The van der Waals surface area contributed by atoms with E-state index in [-0.39, 0.29) is 30.0 Å². The van der Waals surface area contributed by atoms with Gasteiger partial charge in [-0.25, -0.2) is 9.37 Å². The minimum atomic E-state index is -0.507. The summed E-state index contributed by atoms with van der Waals surface area (Å²) in [5.74, 6) is -0.802. The van der Waals surface area contributed by atoms with Crippen molar-refractivity contribution in [2.24, 2.45) is 0 Å². The molecular weight excluding hydrogens is 453 g/mol. The van der Waals surface area contributed by atoms with Crippen molar-refractivity contribution in [1.82, 2.24) is 10.3 Å². The number of aromatic nitrogens is 1. The van der Waals surface area contributed by atoms with Gasteiger partial charge in [0.15, 0.2) is 0 Å². The third kappa shape index (κ3) is 4.37. The van der Waals surface area contributed by atoms with E-state index < -0.39 is 5.82 Å². The van der Waals surface area contributed by atoms with Crippen LogP contribution >= 0.6 is 11.3 Å². The highest BCUT2D eigenvalue weighted by molar-refractivity contribution is 7.15. The van der Waals surface area contributed by atoms with Gasteiger partial charge in [-0.05, 0) is 55.7 Å². The molecular formula is C25H22FN5O2S. The zero-order chi connectivity index (χ0) is 23.7. The number of anilines is 2. The van der Waals surface area contributed by atoms with Crippen LogP contribution in [0.5, 0.6) is 0 Å². The van der Waals surface area contributed by atoms with Crippen molar-refractivity contribution in [1.29, 1.82) is 5.26 Å². The molecule has 1 fully saturated rings. The maximum Gasteiger partial charge on any atom is 0.251 e. The van der Waals surface area contributed by atoms with Crippen LogP contribution in [0, 0.1) is 17.1 Å². The summed E-state index contributed by atoms with van der Waals surface area (Å²) < 4.78 is 14.3. The number of nitrogens with one attached hydrogen (secondary N) is 2. The number of benzene rings is 2. The second kappa shape index (κ2) is 9.23. The third-order valence-corrected chi connectivity index (χ3v) is 7.23. The highest BCUT2D eigenvalue weighted by Crippen LogP contribution is 2.36. The monoisotopic (exact) mass is 475 g/mol. The predicted molar refractivity (Wildman–Crippen MR) is 128 cm³/mol. The Morgan fingerprint density at radius 2 is 2.18 bits per heavy atom. The summed E-state index contributed by atoms with van der Waals surface area (Å²) in [5, 5.41) is 15.2. The number of rotatable bonds is 4. The molecule has 1 unspecified atom stereocenters. The maximum atomic E-state index is 14.3. The average molecular weight is 476 g/mol. The predicted octanol–water partition coefficient (Wildman–Crippen LogP) is 4.45. The van der Waals surface area contributed by atoms with Gasteiger partial charge in [-0.3, -0.25) is 9.59 Å². The average Bonchev–Trinajstić information content (AvgIpc) is 3.25. The summed E-state index contributed by atoms with van der Waals surface area (Å²) in [6.45, 7) is 1.15. The molecule has 7 nitrogen and oxygen atoms in total. The molecule has 2 aromatic carbocycles. The summed E-state index contributed by atoms with van der Waals surface area (Å²) in [5.41, 5.74) is 2.65. The van der Waals surface area contributed by atoms with Gasteiger partial charge in [0.2, 0.25) is 5.91 Å². The van der Waals surface area contributed by atoms with E-state index in [1.54, 1.807) is 24.4 Å². The number of piperidine rings is 1. The first-order valence-corrected chi connectivity index (χ1v) is 12.0. The smallest absolute Gasteiger partial charge is 0.251 e. The van der Waals surface area contributed by atoms with E-state index in [9.17, 15) is 14.0 Å². The van der Waals surface area contributed by atoms with Gasteiger partial charge in [0.05, 0.1) is 29.6 Å². The van der Waals surface area contributed by atoms with Gasteiger partial charge < -0.3 is 15.5 Å². The Labute approximate surface area is 200 Å². The maximum absolute atomic E-state index is 14.3. The lowest BCUT2D eigenvalue weighted by Gasteiger charge is -2.36. The van der Waals surface area contributed by atoms with E-state index >= 15 is 0 Å². The molecule has 172 valence electrons. The lowest BCUT2D eigenvalue weighted by atomic mass is 9.98. The van der Waals surface area contributed by atoms with Crippen molar-refractivity contribution in [2.75, 3.05) is 16.8 Å². The summed E-state index contributed by atoms with van der Waals surface area (Å²) in [4.78, 5) is 32.5. The van der Waals surface area contributed by atoms with Crippen LogP contribution in [-0.2, 0) is 11.3 Å². The van der Waals surface area contributed by atoms with E-state index in [0.717, 1.165) is 36.4 Å². The highest BCUT2D eigenvalue weighted by atomic mass is 32.1. The molecule has 3 heterocycles. The molecule has 3 aromatic rings. The Balaban J connectivity index is 1.29. The van der Waals surface area contributed by atoms with E-state index in [4.69, 9.17) is 5.26 Å². The van der Waals surface area contributed by atoms with Crippen LogP contribution in [0.2, 0.25) is 0 Å². The van der Waals surface area contributed by atoms with Gasteiger partial charge in [0.25, 0.3) is 5.91 Å². The number of halogens is 1. The number of nitrogens with zero attached hydrogens (tertiary/aromatic N) is 3. The second-order valence-corrected chi connectivity index (χ2v) is 9.56. The van der Waals surface area contributed by atoms with Crippen LogP contribution in [0.1, 0.15) is 46.5 Å². The van der Waals surface area contributed by atoms with Crippen molar-refractivity contribution in [2.45, 2.75) is 38.3 Å². The quantitative estimate of drug-likeness (QED) is 0.581. The van der Waals surface area contributed by atoms with Gasteiger partial charge in [0, 0.05) is 41.2 Å². The van der Waals surface area contributed by atoms with E-state index in [0.29, 0.717) is 28.2 Å². The molecule has 5 rings (SSSR count). The molecule has 2 aliphatic rings. The Hall–Kier alpha value is -3.77. The number of nitriles is 1. The van der Waals surface area contributed by atoms with E-state index in [2.05, 4.69) is 20.5 Å². The molecule has 2 aliphatic heterocycles. The molecule has 34 heavy (non-hydrogen) atoms. The Morgan fingerprint density at radius 1 is 1.29 bits per heavy atom. The summed E-state index contributed by atoms with van der Waals surface area (Å²) >= 11 is 1.28. The molecule has 0 aliphatic carbocycles.